The van der Waals surface area contributed by atoms with E-state index in [4.69, 9.17) is 0 Å². The van der Waals surface area contributed by atoms with Crippen LogP contribution in [0.25, 0.3) is 0 Å². The minimum atomic E-state index is -2.11. The van der Waals surface area contributed by atoms with E-state index in [1.165, 1.54) is 0 Å². The fourth-order valence-electron chi connectivity index (χ4n) is 4.59. The van der Waals surface area contributed by atoms with Crippen molar-refractivity contribution in [1.29, 1.82) is 0 Å². The van der Waals surface area contributed by atoms with E-state index in [1.807, 2.05) is 5.32 Å². The Hall–Kier alpha value is -1.92. The first-order valence-electron chi connectivity index (χ1n) is 6.22. The molecule has 0 bridgehead atoms. The molecule has 3 rings (SSSR count). The van der Waals surface area contributed by atoms with E-state index in [1.54, 1.807) is 0 Å². The summed E-state index contributed by atoms with van der Waals surface area (Å²) in [5, 5.41) is 20.8. The van der Waals surface area contributed by atoms with Gasteiger partial charge in [0.1, 0.15) is 0 Å². The van der Waals surface area contributed by atoms with Crippen molar-refractivity contribution in [3.8, 4) is 0 Å². The van der Waals surface area contributed by atoms with E-state index in [0.717, 1.165) is 6.42 Å². The SMILES string of the molecule is O=C(O)[C@]12C(=O)NC(=O)[C@]1(C(=O)O)C21CCCCC1. The molecular weight excluding hydrogens is 254 g/mol. The molecule has 7 nitrogen and oxygen atoms in total. The minimum absolute atomic E-state index is 0.296. The summed E-state index contributed by atoms with van der Waals surface area (Å²) < 4.78 is 0. The van der Waals surface area contributed by atoms with Crippen LogP contribution < -0.4 is 5.32 Å². The summed E-state index contributed by atoms with van der Waals surface area (Å²) in [5.74, 6) is -4.93. The van der Waals surface area contributed by atoms with Crippen LogP contribution in [0.3, 0.4) is 0 Å². The molecule has 1 aliphatic heterocycles. The first kappa shape index (κ1) is 12.1. The van der Waals surface area contributed by atoms with Gasteiger partial charge in [-0.2, -0.15) is 0 Å². The van der Waals surface area contributed by atoms with E-state index < -0.39 is 40.0 Å². The second-order valence-electron chi connectivity index (χ2n) is 5.54. The molecule has 0 aromatic heterocycles. The number of piperidine rings is 1. The monoisotopic (exact) mass is 267 g/mol. The van der Waals surface area contributed by atoms with Crippen LogP contribution in [0.4, 0.5) is 0 Å². The molecule has 0 aromatic carbocycles. The number of rotatable bonds is 2. The van der Waals surface area contributed by atoms with Crippen LogP contribution >= 0.6 is 0 Å². The summed E-state index contributed by atoms with van der Waals surface area (Å²) in [4.78, 5) is 47.2. The highest BCUT2D eigenvalue weighted by Gasteiger charge is 3.02. The normalized spacial score (nSPS) is 38.7. The van der Waals surface area contributed by atoms with Gasteiger partial charge in [-0.15, -0.1) is 0 Å². The second-order valence-corrected chi connectivity index (χ2v) is 5.54. The number of carboxylic acid groups (broad SMARTS) is 2. The van der Waals surface area contributed by atoms with Gasteiger partial charge in [-0.3, -0.25) is 24.5 Å². The van der Waals surface area contributed by atoms with Crippen LogP contribution in [0.1, 0.15) is 32.1 Å². The van der Waals surface area contributed by atoms with Crippen LogP contribution in [0.15, 0.2) is 0 Å². The van der Waals surface area contributed by atoms with Crippen LogP contribution in [-0.4, -0.2) is 34.0 Å². The molecular formula is C12H13NO6. The molecule has 3 fully saturated rings. The average molecular weight is 267 g/mol. The standard InChI is InChI=1S/C12H13NO6/c14-6-11(8(16)17)10(4-2-1-3-5-10)12(11,9(18)19)7(15)13-6/h1-5H2,(H,16,17)(H,18,19)(H,13,14,15)/t11-,12-/m0/s1. The van der Waals surface area contributed by atoms with Crippen molar-refractivity contribution in [3.63, 3.8) is 0 Å². The van der Waals surface area contributed by atoms with Crippen molar-refractivity contribution in [1.82, 2.24) is 5.32 Å². The third kappa shape index (κ3) is 0.854. The molecule has 3 N–H and O–H groups in total. The van der Waals surface area contributed by atoms with Crippen LogP contribution in [0, 0.1) is 16.2 Å². The van der Waals surface area contributed by atoms with Crippen molar-refractivity contribution in [2.75, 3.05) is 0 Å². The highest BCUT2D eigenvalue weighted by Crippen LogP contribution is 2.85. The highest BCUT2D eigenvalue weighted by molar-refractivity contribution is 6.33. The van der Waals surface area contributed by atoms with Gasteiger partial charge in [0, 0.05) is 5.41 Å². The lowest BCUT2D eigenvalue weighted by molar-refractivity contribution is -0.156. The molecule has 0 radical (unpaired) electrons. The van der Waals surface area contributed by atoms with Gasteiger partial charge in [0.05, 0.1) is 0 Å². The van der Waals surface area contributed by atoms with Crippen molar-refractivity contribution in [3.05, 3.63) is 0 Å². The number of carbonyl (C=O) groups excluding carboxylic acids is 2. The quantitative estimate of drug-likeness (QED) is 0.468. The van der Waals surface area contributed by atoms with Gasteiger partial charge < -0.3 is 10.2 Å². The van der Waals surface area contributed by atoms with Gasteiger partial charge in [-0.25, -0.2) is 0 Å². The Morgan fingerprint density at radius 3 is 1.68 bits per heavy atom. The smallest absolute Gasteiger partial charge is 0.321 e. The first-order valence-corrected chi connectivity index (χ1v) is 6.22. The van der Waals surface area contributed by atoms with E-state index in [2.05, 4.69) is 0 Å². The zero-order valence-corrected chi connectivity index (χ0v) is 10.1. The van der Waals surface area contributed by atoms with Crippen molar-refractivity contribution < 1.29 is 29.4 Å². The van der Waals surface area contributed by atoms with Crippen LogP contribution in [0.5, 0.6) is 0 Å². The second kappa shape index (κ2) is 3.15. The fraction of sp³-hybridized carbons (Fsp3) is 0.667. The number of carboxylic acids is 2. The number of hydrogen-bond acceptors (Lipinski definition) is 4. The Morgan fingerprint density at radius 2 is 1.32 bits per heavy atom. The topological polar surface area (TPSA) is 121 Å². The molecule has 0 aromatic rings. The molecule has 0 unspecified atom stereocenters. The van der Waals surface area contributed by atoms with Gasteiger partial charge >= 0.3 is 11.9 Å². The zero-order chi connectivity index (χ0) is 14.1. The molecule has 102 valence electrons. The Balaban J connectivity index is 2.26. The number of nitrogens with one attached hydrogen (secondary N) is 1. The summed E-state index contributed by atoms with van der Waals surface area (Å²) >= 11 is 0. The highest BCUT2D eigenvalue weighted by atomic mass is 16.4. The van der Waals surface area contributed by atoms with Gasteiger partial charge in [0.2, 0.25) is 11.8 Å². The van der Waals surface area contributed by atoms with E-state index in [-0.39, 0.29) is 0 Å². The third-order valence-corrected chi connectivity index (χ3v) is 5.19. The minimum Gasteiger partial charge on any atom is -0.480 e. The molecule has 1 spiro atoms. The molecule has 2 amide bonds. The summed E-state index contributed by atoms with van der Waals surface area (Å²) in [7, 11) is 0. The number of aliphatic carboxylic acids is 2. The lowest BCUT2D eigenvalue weighted by Gasteiger charge is -2.28. The number of fused-ring (bicyclic) bond motifs is 3. The van der Waals surface area contributed by atoms with Crippen molar-refractivity contribution >= 4 is 23.8 Å². The molecule has 19 heavy (non-hydrogen) atoms. The Bertz CT molecular complexity index is 494. The van der Waals surface area contributed by atoms with E-state index in [9.17, 15) is 29.4 Å². The maximum Gasteiger partial charge on any atom is 0.321 e. The van der Waals surface area contributed by atoms with E-state index >= 15 is 0 Å². The van der Waals surface area contributed by atoms with Gasteiger partial charge in [0.15, 0.2) is 10.8 Å². The van der Waals surface area contributed by atoms with Gasteiger partial charge in [0.25, 0.3) is 0 Å². The van der Waals surface area contributed by atoms with Crippen molar-refractivity contribution in [2.45, 2.75) is 32.1 Å². The summed E-state index contributed by atoms with van der Waals surface area (Å²) in [6, 6.07) is 0. The van der Waals surface area contributed by atoms with Crippen LogP contribution in [-0.2, 0) is 19.2 Å². The van der Waals surface area contributed by atoms with Crippen LogP contribution in [0.2, 0.25) is 0 Å². The van der Waals surface area contributed by atoms with Gasteiger partial charge in [-0.1, -0.05) is 19.3 Å². The Morgan fingerprint density at radius 1 is 0.895 bits per heavy atom. The average Bonchev–Trinajstić information content (AvgIpc) is 2.76. The number of amides is 2. The third-order valence-electron chi connectivity index (χ3n) is 5.19. The lowest BCUT2D eigenvalue weighted by Crippen LogP contribution is -2.42. The largest absolute Gasteiger partial charge is 0.480 e. The predicted molar refractivity (Wildman–Crippen MR) is 58.8 cm³/mol. The maximum absolute atomic E-state index is 12.0. The molecule has 2 atom stereocenters. The first-order chi connectivity index (χ1) is 8.89. The summed E-state index contributed by atoms with van der Waals surface area (Å²) in [6.45, 7) is 0. The molecule has 2 saturated carbocycles. The molecule has 3 aliphatic rings. The molecule has 7 heteroatoms. The number of imide groups is 1. The summed E-state index contributed by atoms with van der Waals surface area (Å²) in [5.41, 5.74) is -5.46. The number of hydrogen-bond donors (Lipinski definition) is 3. The lowest BCUT2D eigenvalue weighted by atomic mass is 9.76. The number of carbonyl (C=O) groups is 4. The molecule has 1 saturated heterocycles. The Kier molecular flexibility index (Phi) is 2.01. The Labute approximate surface area is 108 Å². The molecule has 2 aliphatic carbocycles. The predicted octanol–water partition coefficient (Wildman–Crippen LogP) is -0.251. The van der Waals surface area contributed by atoms with E-state index in [0.29, 0.717) is 25.7 Å². The van der Waals surface area contributed by atoms with Gasteiger partial charge in [-0.05, 0) is 12.8 Å². The maximum atomic E-state index is 12.0. The van der Waals surface area contributed by atoms with Crippen molar-refractivity contribution in [2.24, 2.45) is 16.2 Å². The zero-order valence-electron chi connectivity index (χ0n) is 10.1. The summed E-state index contributed by atoms with van der Waals surface area (Å²) in [6.07, 6.45) is 2.74. The fourth-order valence-corrected chi connectivity index (χ4v) is 4.59. The molecule has 1 heterocycles.